The highest BCUT2D eigenvalue weighted by atomic mass is 16.5. The fraction of sp³-hybridized carbons (Fsp3) is 0.548. The van der Waals surface area contributed by atoms with Crippen LogP contribution in [0.25, 0.3) is 0 Å². The van der Waals surface area contributed by atoms with E-state index in [4.69, 9.17) is 9.47 Å². The van der Waals surface area contributed by atoms with Crippen molar-refractivity contribution >= 4 is 11.6 Å². The molecule has 0 bridgehead atoms. The molecule has 0 aliphatic heterocycles. The summed E-state index contributed by atoms with van der Waals surface area (Å²) in [5.41, 5.74) is 1.42. The van der Waals surface area contributed by atoms with Gasteiger partial charge in [0.15, 0.2) is 11.6 Å². The fourth-order valence-corrected chi connectivity index (χ4v) is 4.44. The van der Waals surface area contributed by atoms with Crippen LogP contribution < -0.4 is 9.47 Å². The monoisotopic (exact) mass is 510 g/mol. The molecule has 37 heavy (non-hydrogen) atoms. The summed E-state index contributed by atoms with van der Waals surface area (Å²) in [4.78, 5) is 30.9. The molecule has 0 unspecified atom stereocenters. The SMILES string of the molecule is CCCOc1ccc(C(=O)[C@@H](CCC[C@@H](CN(C)C)C(=O)c2ccc(OCCC)cc2)CN(C)C)cc1. The largest absolute Gasteiger partial charge is 0.494 e. The van der Waals surface area contributed by atoms with Crippen LogP contribution in [-0.2, 0) is 0 Å². The summed E-state index contributed by atoms with van der Waals surface area (Å²) < 4.78 is 11.3. The van der Waals surface area contributed by atoms with Gasteiger partial charge in [0.25, 0.3) is 0 Å². The summed E-state index contributed by atoms with van der Waals surface area (Å²) in [7, 11) is 7.98. The first-order valence-corrected chi connectivity index (χ1v) is 13.6. The molecule has 0 aliphatic carbocycles. The minimum Gasteiger partial charge on any atom is -0.494 e. The number of Topliss-reactive ketones (excluding diaryl/α,β-unsaturated/α-hetero) is 2. The molecule has 0 amide bonds. The van der Waals surface area contributed by atoms with Crippen molar-refractivity contribution in [2.45, 2.75) is 46.0 Å². The lowest BCUT2D eigenvalue weighted by Crippen LogP contribution is -2.30. The van der Waals surface area contributed by atoms with Gasteiger partial charge < -0.3 is 19.3 Å². The van der Waals surface area contributed by atoms with E-state index >= 15 is 0 Å². The summed E-state index contributed by atoms with van der Waals surface area (Å²) in [6, 6.07) is 15.0. The Balaban J connectivity index is 2.05. The Morgan fingerprint density at radius 2 is 1.00 bits per heavy atom. The van der Waals surface area contributed by atoms with Gasteiger partial charge >= 0.3 is 0 Å². The van der Waals surface area contributed by atoms with Crippen LogP contribution in [0.5, 0.6) is 11.5 Å². The van der Waals surface area contributed by atoms with Crippen LogP contribution in [0, 0.1) is 11.8 Å². The number of hydrogen-bond acceptors (Lipinski definition) is 6. The average molecular weight is 511 g/mol. The third kappa shape index (κ3) is 10.7. The molecule has 0 heterocycles. The second-order valence-electron chi connectivity index (χ2n) is 10.3. The van der Waals surface area contributed by atoms with Crippen molar-refractivity contribution in [3.05, 3.63) is 59.7 Å². The maximum absolute atomic E-state index is 13.4. The van der Waals surface area contributed by atoms with Crippen molar-refractivity contribution in [3.8, 4) is 11.5 Å². The van der Waals surface area contributed by atoms with E-state index in [9.17, 15) is 9.59 Å². The van der Waals surface area contributed by atoms with Crippen molar-refractivity contribution < 1.29 is 19.1 Å². The third-order valence-corrected chi connectivity index (χ3v) is 6.24. The number of hydrogen-bond donors (Lipinski definition) is 0. The van der Waals surface area contributed by atoms with Gasteiger partial charge in [-0.2, -0.15) is 0 Å². The van der Waals surface area contributed by atoms with Gasteiger partial charge in [0.2, 0.25) is 0 Å². The Hall–Kier alpha value is -2.70. The van der Waals surface area contributed by atoms with Gasteiger partial charge in [0.05, 0.1) is 13.2 Å². The van der Waals surface area contributed by atoms with Crippen LogP contribution in [0.3, 0.4) is 0 Å². The molecule has 2 atom stereocenters. The van der Waals surface area contributed by atoms with Crippen LogP contribution in [0.15, 0.2) is 48.5 Å². The number of rotatable bonds is 18. The Labute approximate surface area is 223 Å². The van der Waals surface area contributed by atoms with Gasteiger partial charge in [-0.3, -0.25) is 9.59 Å². The molecule has 0 aliphatic rings. The van der Waals surface area contributed by atoms with Crippen LogP contribution in [0.1, 0.15) is 66.7 Å². The lowest BCUT2D eigenvalue weighted by atomic mass is 9.87. The van der Waals surface area contributed by atoms with E-state index in [1.165, 1.54) is 0 Å². The van der Waals surface area contributed by atoms with E-state index in [0.717, 1.165) is 43.6 Å². The van der Waals surface area contributed by atoms with Crippen LogP contribution in [-0.4, -0.2) is 75.9 Å². The van der Waals surface area contributed by atoms with Gasteiger partial charge in [-0.15, -0.1) is 0 Å². The molecular weight excluding hydrogens is 464 g/mol. The highest BCUT2D eigenvalue weighted by Crippen LogP contribution is 2.23. The van der Waals surface area contributed by atoms with Gasteiger partial charge in [-0.1, -0.05) is 20.3 Å². The zero-order chi connectivity index (χ0) is 27.2. The highest BCUT2D eigenvalue weighted by Gasteiger charge is 2.24. The van der Waals surface area contributed by atoms with E-state index in [1.54, 1.807) is 0 Å². The Kier molecular flexibility index (Phi) is 13.4. The number of carbonyl (C=O) groups is 2. The van der Waals surface area contributed by atoms with Crippen LogP contribution in [0.2, 0.25) is 0 Å². The number of nitrogens with zero attached hydrogens (tertiary/aromatic N) is 2. The Bertz CT molecular complexity index is 861. The molecule has 2 rings (SSSR count). The minimum absolute atomic E-state index is 0.123. The number of ether oxygens (including phenoxy) is 2. The number of ketones is 2. The third-order valence-electron chi connectivity index (χ3n) is 6.24. The smallest absolute Gasteiger partial charge is 0.167 e. The number of benzene rings is 2. The molecule has 0 fully saturated rings. The molecule has 0 spiro atoms. The first-order valence-electron chi connectivity index (χ1n) is 13.6. The van der Waals surface area contributed by atoms with Crippen molar-refractivity contribution in [2.75, 3.05) is 54.5 Å². The fourth-order valence-electron chi connectivity index (χ4n) is 4.44. The summed E-state index contributed by atoms with van der Waals surface area (Å²) in [6.07, 6.45) is 4.19. The van der Waals surface area contributed by atoms with E-state index in [0.29, 0.717) is 37.4 Å². The summed E-state index contributed by atoms with van der Waals surface area (Å²) in [5.74, 6) is 1.63. The van der Waals surface area contributed by atoms with Crippen LogP contribution in [0.4, 0.5) is 0 Å². The normalized spacial score (nSPS) is 13.0. The zero-order valence-electron chi connectivity index (χ0n) is 23.7. The molecule has 0 saturated carbocycles. The Morgan fingerprint density at radius 3 is 1.30 bits per heavy atom. The topological polar surface area (TPSA) is 59.1 Å². The second-order valence-corrected chi connectivity index (χ2v) is 10.3. The predicted octanol–water partition coefficient (Wildman–Crippen LogP) is 5.86. The molecule has 2 aromatic rings. The van der Waals surface area contributed by atoms with E-state index in [2.05, 4.69) is 23.6 Å². The molecule has 0 N–H and O–H groups in total. The molecule has 2 aromatic carbocycles. The molecule has 204 valence electrons. The molecular formula is C31H46N2O4. The molecule has 0 aromatic heterocycles. The van der Waals surface area contributed by atoms with Crippen molar-refractivity contribution in [2.24, 2.45) is 11.8 Å². The minimum atomic E-state index is -0.123. The molecule has 0 saturated heterocycles. The summed E-state index contributed by atoms with van der Waals surface area (Å²) in [6.45, 7) is 6.83. The van der Waals surface area contributed by atoms with Gasteiger partial charge in [0.1, 0.15) is 11.5 Å². The predicted molar refractivity (Wildman–Crippen MR) is 151 cm³/mol. The second kappa shape index (κ2) is 16.2. The van der Waals surface area contributed by atoms with Crippen molar-refractivity contribution in [3.63, 3.8) is 0 Å². The maximum atomic E-state index is 13.4. The average Bonchev–Trinajstić information content (AvgIpc) is 2.89. The van der Waals surface area contributed by atoms with Crippen LogP contribution >= 0.6 is 0 Å². The maximum Gasteiger partial charge on any atom is 0.167 e. The molecule has 6 heteroatoms. The lowest BCUT2D eigenvalue weighted by Gasteiger charge is -2.23. The highest BCUT2D eigenvalue weighted by molar-refractivity contribution is 5.98. The van der Waals surface area contributed by atoms with Gasteiger partial charge in [0, 0.05) is 36.1 Å². The van der Waals surface area contributed by atoms with E-state index in [1.807, 2.05) is 76.7 Å². The Morgan fingerprint density at radius 1 is 0.649 bits per heavy atom. The quantitative estimate of drug-likeness (QED) is 0.234. The summed E-state index contributed by atoms with van der Waals surface area (Å²) >= 11 is 0. The van der Waals surface area contributed by atoms with Crippen molar-refractivity contribution in [1.29, 1.82) is 0 Å². The van der Waals surface area contributed by atoms with E-state index in [-0.39, 0.29) is 23.4 Å². The lowest BCUT2D eigenvalue weighted by molar-refractivity contribution is 0.0870. The molecule has 0 radical (unpaired) electrons. The number of carbonyl (C=O) groups excluding carboxylic acids is 2. The van der Waals surface area contributed by atoms with Gasteiger partial charge in [-0.25, -0.2) is 0 Å². The first-order chi connectivity index (χ1) is 17.7. The van der Waals surface area contributed by atoms with Crippen molar-refractivity contribution in [1.82, 2.24) is 9.80 Å². The first kappa shape index (κ1) is 30.5. The van der Waals surface area contributed by atoms with Gasteiger partial charge in [-0.05, 0) is 102 Å². The standard InChI is InChI=1S/C31H46N2O4/c1-7-20-36-28-16-12-24(13-17-28)30(34)26(22-32(3)4)10-9-11-27(23-33(5)6)31(35)25-14-18-29(19-15-25)37-21-8-2/h12-19,26-27H,7-11,20-23H2,1-6H3/t26-,27-/m0/s1. The summed E-state index contributed by atoms with van der Waals surface area (Å²) in [5, 5.41) is 0. The van der Waals surface area contributed by atoms with E-state index < -0.39 is 0 Å². The molecule has 6 nitrogen and oxygen atoms in total. The zero-order valence-corrected chi connectivity index (χ0v) is 23.7.